The second kappa shape index (κ2) is 5.80. The van der Waals surface area contributed by atoms with E-state index in [0.717, 1.165) is 0 Å². The lowest BCUT2D eigenvalue weighted by atomic mass is 10.1. The minimum Gasteiger partial charge on any atom is -0.493 e. The van der Waals surface area contributed by atoms with E-state index in [1.165, 1.54) is 26.4 Å². The molecule has 1 aromatic heterocycles. The van der Waals surface area contributed by atoms with Crippen LogP contribution in [-0.2, 0) is 0 Å². The zero-order valence-electron chi connectivity index (χ0n) is 10.6. The van der Waals surface area contributed by atoms with E-state index in [2.05, 4.69) is 25.9 Å². The van der Waals surface area contributed by atoms with E-state index in [-0.39, 0.29) is 21.1 Å². The van der Waals surface area contributed by atoms with Crippen LogP contribution in [0.15, 0.2) is 16.7 Å². The third-order valence-corrected chi connectivity index (χ3v) is 3.46. The van der Waals surface area contributed by atoms with Crippen molar-refractivity contribution in [2.45, 2.75) is 0 Å². The number of hydrogen-bond donors (Lipinski definition) is 1. The summed E-state index contributed by atoms with van der Waals surface area (Å²) in [7, 11) is 2.94. The molecule has 1 aromatic carbocycles. The minimum atomic E-state index is -0.791. The highest BCUT2D eigenvalue weighted by Gasteiger charge is 2.18. The maximum Gasteiger partial charge on any atom is 0.240 e. The van der Waals surface area contributed by atoms with Gasteiger partial charge < -0.3 is 15.2 Å². The van der Waals surface area contributed by atoms with Gasteiger partial charge in [-0.15, -0.1) is 0 Å². The number of nitrogens with two attached hydrogens (primary N) is 1. The van der Waals surface area contributed by atoms with Crippen molar-refractivity contribution in [2.75, 3.05) is 20.0 Å². The van der Waals surface area contributed by atoms with Crippen LogP contribution < -0.4 is 15.2 Å². The Balaban J connectivity index is 2.66. The Kier molecular flexibility index (Phi) is 4.29. The van der Waals surface area contributed by atoms with Crippen molar-refractivity contribution in [3.63, 3.8) is 0 Å². The first-order valence-corrected chi connectivity index (χ1v) is 6.55. The fourth-order valence-electron chi connectivity index (χ4n) is 1.62. The van der Waals surface area contributed by atoms with Gasteiger partial charge in [-0.25, -0.2) is 9.97 Å². The Bertz CT molecular complexity index is 670. The maximum atomic E-state index is 13.9. The molecule has 1 heterocycles. The number of aromatic nitrogens is 2. The standard InChI is InChI=1S/C12H10BrClFN3O2/c1-19-7-3-5(6(14)4-8(7)20-2)9-11(15)18-10(13)12(16)17-9/h3-4H,1-2H3,(H2,16,17). The molecular weight excluding hydrogens is 353 g/mol. The fraction of sp³-hybridized carbons (Fsp3) is 0.167. The number of hydrogen-bond acceptors (Lipinski definition) is 5. The normalized spacial score (nSPS) is 10.4. The van der Waals surface area contributed by atoms with Gasteiger partial charge in [-0.2, -0.15) is 4.39 Å². The molecule has 0 saturated heterocycles. The first kappa shape index (κ1) is 14.8. The van der Waals surface area contributed by atoms with Crippen LogP contribution >= 0.6 is 27.5 Å². The van der Waals surface area contributed by atoms with Crippen molar-refractivity contribution >= 4 is 33.3 Å². The maximum absolute atomic E-state index is 13.9. The summed E-state index contributed by atoms with van der Waals surface area (Å²) in [6.07, 6.45) is 0. The summed E-state index contributed by atoms with van der Waals surface area (Å²) in [6.45, 7) is 0. The van der Waals surface area contributed by atoms with Crippen LogP contribution in [0.25, 0.3) is 11.3 Å². The summed E-state index contributed by atoms with van der Waals surface area (Å²) >= 11 is 9.12. The molecular formula is C12H10BrClFN3O2. The molecule has 0 fully saturated rings. The third-order valence-electron chi connectivity index (χ3n) is 2.56. The van der Waals surface area contributed by atoms with Crippen LogP contribution in [-0.4, -0.2) is 24.2 Å². The molecule has 2 N–H and O–H groups in total. The first-order valence-electron chi connectivity index (χ1n) is 5.38. The van der Waals surface area contributed by atoms with Gasteiger partial charge in [0, 0.05) is 11.6 Å². The van der Waals surface area contributed by atoms with Crippen molar-refractivity contribution in [2.24, 2.45) is 0 Å². The third kappa shape index (κ3) is 2.64. The van der Waals surface area contributed by atoms with Crippen LogP contribution in [0.4, 0.5) is 10.2 Å². The Hall–Kier alpha value is -1.60. The Labute approximate surface area is 128 Å². The highest BCUT2D eigenvalue weighted by Crippen LogP contribution is 2.38. The van der Waals surface area contributed by atoms with Crippen LogP contribution in [0.5, 0.6) is 11.5 Å². The smallest absolute Gasteiger partial charge is 0.240 e. The number of methoxy groups -OCH3 is 2. The van der Waals surface area contributed by atoms with E-state index in [9.17, 15) is 4.39 Å². The molecule has 0 unspecified atom stereocenters. The Morgan fingerprint density at radius 1 is 1.20 bits per heavy atom. The molecule has 0 atom stereocenters. The molecule has 2 aromatic rings. The monoisotopic (exact) mass is 361 g/mol. The number of anilines is 1. The van der Waals surface area contributed by atoms with Gasteiger partial charge >= 0.3 is 0 Å². The lowest BCUT2D eigenvalue weighted by Gasteiger charge is -2.12. The van der Waals surface area contributed by atoms with Crippen LogP contribution in [0.1, 0.15) is 0 Å². The average Bonchev–Trinajstić information content (AvgIpc) is 2.43. The highest BCUT2D eigenvalue weighted by molar-refractivity contribution is 9.10. The highest BCUT2D eigenvalue weighted by atomic mass is 79.9. The molecule has 20 heavy (non-hydrogen) atoms. The number of benzene rings is 1. The second-order valence-electron chi connectivity index (χ2n) is 3.73. The summed E-state index contributed by atoms with van der Waals surface area (Å²) < 4.78 is 24.3. The number of nitrogens with zero attached hydrogens (tertiary/aromatic N) is 2. The molecule has 8 heteroatoms. The molecule has 106 valence electrons. The molecule has 0 aliphatic carbocycles. The SMILES string of the molecule is COc1cc(Cl)c(-c2nc(N)c(Br)nc2F)cc1OC. The Morgan fingerprint density at radius 3 is 2.40 bits per heavy atom. The average molecular weight is 363 g/mol. The van der Waals surface area contributed by atoms with Gasteiger partial charge in [0.1, 0.15) is 5.69 Å². The molecule has 0 aliphatic heterocycles. The molecule has 5 nitrogen and oxygen atoms in total. The molecule has 0 aliphatic rings. The van der Waals surface area contributed by atoms with Gasteiger partial charge in [-0.05, 0) is 22.0 Å². The summed E-state index contributed by atoms with van der Waals surface area (Å²) in [5.41, 5.74) is 5.87. The Morgan fingerprint density at radius 2 is 1.80 bits per heavy atom. The van der Waals surface area contributed by atoms with Crippen LogP contribution in [0, 0.1) is 5.95 Å². The molecule has 0 radical (unpaired) electrons. The van der Waals surface area contributed by atoms with Gasteiger partial charge in [0.05, 0.1) is 19.2 Å². The van der Waals surface area contributed by atoms with E-state index in [1.54, 1.807) is 0 Å². The number of halogens is 3. The zero-order chi connectivity index (χ0) is 14.9. The predicted octanol–water partition coefficient (Wildman–Crippen LogP) is 3.30. The summed E-state index contributed by atoms with van der Waals surface area (Å²) in [4.78, 5) is 7.57. The topological polar surface area (TPSA) is 70.3 Å². The summed E-state index contributed by atoms with van der Waals surface area (Å²) in [6, 6.07) is 3.02. The summed E-state index contributed by atoms with van der Waals surface area (Å²) in [5.74, 6) is 0.0988. The molecule has 0 bridgehead atoms. The number of ether oxygens (including phenoxy) is 2. The van der Waals surface area contributed by atoms with Crippen molar-refractivity contribution < 1.29 is 13.9 Å². The van der Waals surface area contributed by atoms with Crippen LogP contribution in [0.2, 0.25) is 5.02 Å². The fourth-order valence-corrected chi connectivity index (χ4v) is 2.10. The van der Waals surface area contributed by atoms with Gasteiger partial charge in [0.25, 0.3) is 0 Å². The molecule has 0 spiro atoms. The van der Waals surface area contributed by atoms with Gasteiger partial charge in [-0.3, -0.25) is 0 Å². The number of nitrogen functional groups attached to an aromatic ring is 1. The van der Waals surface area contributed by atoms with Crippen molar-refractivity contribution in [1.29, 1.82) is 0 Å². The lowest BCUT2D eigenvalue weighted by molar-refractivity contribution is 0.355. The minimum absolute atomic E-state index is 0.0587. The van der Waals surface area contributed by atoms with Gasteiger partial charge in [0.2, 0.25) is 5.95 Å². The van der Waals surface area contributed by atoms with Gasteiger partial charge in [-0.1, -0.05) is 11.6 Å². The number of rotatable bonds is 3. The molecule has 2 rings (SSSR count). The molecule has 0 saturated carbocycles. The van der Waals surface area contributed by atoms with Crippen molar-refractivity contribution in [3.8, 4) is 22.8 Å². The largest absolute Gasteiger partial charge is 0.493 e. The van der Waals surface area contributed by atoms with Gasteiger partial charge in [0.15, 0.2) is 21.9 Å². The van der Waals surface area contributed by atoms with Crippen molar-refractivity contribution in [1.82, 2.24) is 9.97 Å². The van der Waals surface area contributed by atoms with E-state index in [0.29, 0.717) is 17.1 Å². The van der Waals surface area contributed by atoms with E-state index < -0.39 is 5.95 Å². The molecule has 0 amide bonds. The van der Waals surface area contributed by atoms with E-state index in [1.807, 2.05) is 0 Å². The summed E-state index contributed by atoms with van der Waals surface area (Å²) in [5, 5.41) is 0.248. The zero-order valence-corrected chi connectivity index (χ0v) is 12.9. The predicted molar refractivity (Wildman–Crippen MR) is 77.7 cm³/mol. The first-order chi connectivity index (χ1) is 9.47. The van der Waals surface area contributed by atoms with Crippen LogP contribution in [0.3, 0.4) is 0 Å². The van der Waals surface area contributed by atoms with Crippen molar-refractivity contribution in [3.05, 3.63) is 27.7 Å². The second-order valence-corrected chi connectivity index (χ2v) is 4.88. The van der Waals surface area contributed by atoms with E-state index in [4.69, 9.17) is 26.8 Å². The quantitative estimate of drug-likeness (QED) is 0.907. The van der Waals surface area contributed by atoms with E-state index >= 15 is 0 Å². The lowest BCUT2D eigenvalue weighted by Crippen LogP contribution is -2.02.